The van der Waals surface area contributed by atoms with Crippen LogP contribution in [0.4, 0.5) is 19.3 Å². The number of hydrogen-bond donors (Lipinski definition) is 1. The predicted octanol–water partition coefficient (Wildman–Crippen LogP) is 2.89. The first-order chi connectivity index (χ1) is 15.4. The molecule has 0 aromatic carbocycles. The molecule has 4 heterocycles. The minimum absolute atomic E-state index is 0.192. The lowest BCUT2D eigenvalue weighted by molar-refractivity contribution is -0.179. The van der Waals surface area contributed by atoms with Crippen molar-refractivity contribution < 1.29 is 18.3 Å². The maximum absolute atomic E-state index is 13.4. The number of fused-ring (bicyclic) bond motifs is 1. The van der Waals surface area contributed by atoms with Gasteiger partial charge >= 0.3 is 6.09 Å². The van der Waals surface area contributed by atoms with Crippen LogP contribution in [-0.2, 0) is 11.8 Å². The van der Waals surface area contributed by atoms with E-state index in [1.807, 2.05) is 12.3 Å². The number of alkyl halides is 2. The maximum Gasteiger partial charge on any atom is 0.410 e. The highest BCUT2D eigenvalue weighted by Crippen LogP contribution is 2.40. The van der Waals surface area contributed by atoms with Gasteiger partial charge in [0.25, 0.3) is 5.92 Å². The molecule has 1 N–H and O–H groups in total. The Hall–Kier alpha value is -3.68. The van der Waals surface area contributed by atoms with Crippen LogP contribution in [0.2, 0.25) is 0 Å². The van der Waals surface area contributed by atoms with Crippen molar-refractivity contribution in [1.29, 1.82) is 5.26 Å². The highest BCUT2D eigenvalue weighted by atomic mass is 19.3. The van der Waals surface area contributed by atoms with Gasteiger partial charge in [0.05, 0.1) is 28.5 Å². The van der Waals surface area contributed by atoms with Crippen molar-refractivity contribution in [2.75, 3.05) is 31.1 Å². The van der Waals surface area contributed by atoms with Crippen LogP contribution in [0, 0.1) is 11.3 Å². The topological polar surface area (TPSA) is 103 Å². The van der Waals surface area contributed by atoms with Crippen LogP contribution in [0.1, 0.15) is 18.4 Å². The highest BCUT2D eigenvalue weighted by molar-refractivity contribution is 6.00. The monoisotopic (exact) mass is 441 g/mol. The zero-order valence-electron chi connectivity index (χ0n) is 17.4. The van der Waals surface area contributed by atoms with Gasteiger partial charge in [0, 0.05) is 57.6 Å². The van der Waals surface area contributed by atoms with Gasteiger partial charge in [-0.25, -0.2) is 18.6 Å². The van der Waals surface area contributed by atoms with Crippen molar-refractivity contribution in [2.45, 2.75) is 24.9 Å². The lowest BCUT2D eigenvalue weighted by atomic mass is 9.91. The lowest BCUT2D eigenvalue weighted by Gasteiger charge is -2.39. The van der Waals surface area contributed by atoms with E-state index in [4.69, 9.17) is 4.74 Å². The molecule has 2 fully saturated rings. The van der Waals surface area contributed by atoms with Crippen LogP contribution in [0.25, 0.3) is 22.3 Å². The van der Waals surface area contributed by atoms with Crippen LogP contribution in [0.15, 0.2) is 24.7 Å². The number of aryl methyl sites for hydroxylation is 1. The van der Waals surface area contributed by atoms with E-state index in [-0.39, 0.29) is 12.8 Å². The molecule has 1 atom stereocenters. The summed E-state index contributed by atoms with van der Waals surface area (Å²) in [4.78, 5) is 23.4. The second-order valence-electron chi connectivity index (χ2n) is 8.09. The quantitative estimate of drug-likeness (QED) is 0.671. The Morgan fingerprint density at radius 2 is 2.12 bits per heavy atom. The summed E-state index contributed by atoms with van der Waals surface area (Å²) in [6.45, 7) is 1.63. The van der Waals surface area contributed by atoms with Gasteiger partial charge in [-0.15, -0.1) is 0 Å². The highest BCUT2D eigenvalue weighted by Gasteiger charge is 2.51. The summed E-state index contributed by atoms with van der Waals surface area (Å²) in [5.41, 5.74) is 3.33. The van der Waals surface area contributed by atoms with Gasteiger partial charge in [0.2, 0.25) is 0 Å². The zero-order chi connectivity index (χ0) is 22.5. The third kappa shape index (κ3) is 3.32. The Bertz CT molecular complexity index is 1220. The van der Waals surface area contributed by atoms with Gasteiger partial charge in [-0.3, -0.25) is 4.68 Å². The summed E-state index contributed by atoms with van der Waals surface area (Å²) in [5, 5.41) is 14.8. The van der Waals surface area contributed by atoms with Gasteiger partial charge in [0.1, 0.15) is 11.7 Å². The van der Waals surface area contributed by atoms with Gasteiger partial charge in [0.15, 0.2) is 6.10 Å². The molecule has 5 rings (SSSR count). The first-order valence-electron chi connectivity index (χ1n) is 10.4. The molecule has 0 bridgehead atoms. The van der Waals surface area contributed by atoms with Crippen LogP contribution in [0.3, 0.4) is 0 Å². The predicted molar refractivity (Wildman–Crippen MR) is 111 cm³/mol. The molecule has 1 saturated carbocycles. The fourth-order valence-corrected chi connectivity index (χ4v) is 4.19. The summed E-state index contributed by atoms with van der Waals surface area (Å²) >= 11 is 0. The average Bonchev–Trinajstić information content (AvgIpc) is 3.39. The van der Waals surface area contributed by atoms with Crippen molar-refractivity contribution in [3.63, 3.8) is 0 Å². The number of nitriles is 1. The lowest BCUT2D eigenvalue weighted by Crippen LogP contribution is -2.53. The molecule has 1 saturated heterocycles. The minimum atomic E-state index is -2.92. The van der Waals surface area contributed by atoms with E-state index in [0.717, 1.165) is 11.3 Å². The van der Waals surface area contributed by atoms with Crippen molar-refractivity contribution in [3.8, 4) is 17.3 Å². The maximum atomic E-state index is 13.4. The normalized spacial score (nSPS) is 20.1. The number of nitrogens with one attached hydrogen (secondary N) is 1. The summed E-state index contributed by atoms with van der Waals surface area (Å²) in [7, 11) is 1.80. The number of aromatic amines is 1. The Balaban J connectivity index is 1.36. The van der Waals surface area contributed by atoms with E-state index in [9.17, 15) is 18.8 Å². The molecule has 1 aliphatic carbocycles. The second-order valence-corrected chi connectivity index (χ2v) is 8.09. The van der Waals surface area contributed by atoms with Crippen molar-refractivity contribution in [1.82, 2.24) is 24.6 Å². The first-order valence-corrected chi connectivity index (χ1v) is 10.4. The van der Waals surface area contributed by atoms with Crippen molar-refractivity contribution >= 4 is 22.8 Å². The molecule has 0 radical (unpaired) electrons. The molecule has 0 unspecified atom stereocenters. The summed E-state index contributed by atoms with van der Waals surface area (Å²) in [5.74, 6) is -2.92. The number of aromatic nitrogens is 4. The van der Waals surface area contributed by atoms with Crippen molar-refractivity contribution in [3.05, 3.63) is 30.2 Å². The standard InChI is InChI=1S/C21H21F2N7O2/c1-28-12-13(11-26-28)18-14(10-24)17-15(3-5-25-19(17)27-18)29-6-8-30(9-7-29)20(31)32-16-2-4-21(16,22)23/h3,5,11-12,16H,2,4,6-9H2,1H3,(H,25,27)/t16-/m1/s1. The Morgan fingerprint density at radius 1 is 1.34 bits per heavy atom. The molecule has 166 valence electrons. The van der Waals surface area contributed by atoms with E-state index in [1.165, 1.54) is 4.90 Å². The SMILES string of the molecule is Cn1cc(-c2[nH]c3nccc(N4CCN(C(=O)O[C@@H]5CCC5(F)F)CC4)c3c2C#N)cn1. The van der Waals surface area contributed by atoms with Gasteiger partial charge in [-0.1, -0.05) is 0 Å². The number of piperazine rings is 1. The first kappa shape index (κ1) is 20.2. The molecule has 2 aliphatic rings. The molecular weight excluding hydrogens is 420 g/mol. The van der Waals surface area contributed by atoms with Crippen LogP contribution < -0.4 is 4.90 Å². The van der Waals surface area contributed by atoms with Crippen LogP contribution in [0.5, 0.6) is 0 Å². The van der Waals surface area contributed by atoms with Crippen LogP contribution >= 0.6 is 0 Å². The van der Waals surface area contributed by atoms with E-state index in [2.05, 4.69) is 26.0 Å². The van der Waals surface area contributed by atoms with E-state index < -0.39 is 18.1 Å². The number of ether oxygens (including phenoxy) is 1. The molecular formula is C21H21F2N7O2. The molecule has 3 aromatic heterocycles. The fourth-order valence-electron chi connectivity index (χ4n) is 4.19. The number of nitrogens with zero attached hydrogens (tertiary/aromatic N) is 6. The van der Waals surface area contributed by atoms with E-state index in [0.29, 0.717) is 48.5 Å². The average molecular weight is 441 g/mol. The van der Waals surface area contributed by atoms with Gasteiger partial charge < -0.3 is 19.5 Å². The molecule has 3 aromatic rings. The molecule has 1 aliphatic heterocycles. The number of carbonyl (C=O) groups excluding carboxylic acids is 1. The largest absolute Gasteiger partial charge is 0.440 e. The molecule has 11 heteroatoms. The van der Waals surface area contributed by atoms with E-state index >= 15 is 0 Å². The smallest absolute Gasteiger partial charge is 0.410 e. The molecule has 9 nitrogen and oxygen atoms in total. The minimum Gasteiger partial charge on any atom is -0.440 e. The van der Waals surface area contributed by atoms with Crippen LogP contribution in [-0.4, -0.2) is 68.9 Å². The molecule has 1 amide bonds. The Labute approximate surface area is 182 Å². The molecule has 32 heavy (non-hydrogen) atoms. The number of anilines is 1. The number of pyridine rings is 1. The number of carbonyl (C=O) groups is 1. The second kappa shape index (κ2) is 7.47. The molecule has 0 spiro atoms. The number of halogens is 2. The summed E-state index contributed by atoms with van der Waals surface area (Å²) in [6, 6.07) is 4.12. The van der Waals surface area contributed by atoms with Crippen molar-refractivity contribution in [2.24, 2.45) is 7.05 Å². The van der Waals surface area contributed by atoms with Gasteiger partial charge in [-0.2, -0.15) is 10.4 Å². The van der Waals surface area contributed by atoms with E-state index in [1.54, 1.807) is 24.1 Å². The fraction of sp³-hybridized carbons (Fsp3) is 0.429. The summed E-state index contributed by atoms with van der Waals surface area (Å²) < 4.78 is 33.5. The third-order valence-corrected chi connectivity index (χ3v) is 6.11. The number of amides is 1. The third-order valence-electron chi connectivity index (χ3n) is 6.11. The summed E-state index contributed by atoms with van der Waals surface area (Å²) in [6.07, 6.45) is 3.10. The zero-order valence-corrected chi connectivity index (χ0v) is 17.4. The Morgan fingerprint density at radius 3 is 2.72 bits per heavy atom. The number of H-pyrrole nitrogens is 1. The number of hydrogen-bond acceptors (Lipinski definition) is 6. The van der Waals surface area contributed by atoms with Gasteiger partial charge in [-0.05, 0) is 12.5 Å². The Kier molecular flexibility index (Phi) is 4.73. The number of rotatable bonds is 3.